The zero-order valence-corrected chi connectivity index (χ0v) is 9.98. The Labute approximate surface area is 101 Å². The Bertz CT molecular complexity index is 365. The number of nitrogens with zero attached hydrogens (tertiary/aromatic N) is 1. The number of methoxy groups -OCH3 is 1. The van der Waals surface area contributed by atoms with Gasteiger partial charge in [0.05, 0.1) is 12.7 Å². The SMILES string of the molecule is COc1cccc(NCC2(O)CCOCC2)n1. The van der Waals surface area contributed by atoms with Gasteiger partial charge in [0.2, 0.25) is 5.88 Å². The first-order valence-corrected chi connectivity index (χ1v) is 5.77. The minimum Gasteiger partial charge on any atom is -0.481 e. The lowest BCUT2D eigenvalue weighted by molar-refractivity contribution is -0.0543. The van der Waals surface area contributed by atoms with Crippen LogP contribution in [-0.2, 0) is 4.74 Å². The largest absolute Gasteiger partial charge is 0.481 e. The standard InChI is InChI=1S/C12H18N2O3/c1-16-11-4-2-3-10(14-11)13-9-12(15)5-7-17-8-6-12/h2-4,15H,5-9H2,1H3,(H,13,14). The first-order valence-electron chi connectivity index (χ1n) is 5.77. The number of aliphatic hydroxyl groups is 1. The van der Waals surface area contributed by atoms with Crippen LogP contribution in [0, 0.1) is 0 Å². The molecule has 1 aliphatic rings. The molecule has 0 unspecified atom stereocenters. The fourth-order valence-corrected chi connectivity index (χ4v) is 1.81. The number of ether oxygens (including phenoxy) is 2. The summed E-state index contributed by atoms with van der Waals surface area (Å²) in [5.41, 5.74) is -0.691. The lowest BCUT2D eigenvalue weighted by Crippen LogP contribution is -2.42. The molecule has 0 aromatic carbocycles. The van der Waals surface area contributed by atoms with Crippen molar-refractivity contribution in [3.63, 3.8) is 0 Å². The highest BCUT2D eigenvalue weighted by Crippen LogP contribution is 2.21. The quantitative estimate of drug-likeness (QED) is 0.820. The van der Waals surface area contributed by atoms with Crippen molar-refractivity contribution >= 4 is 5.82 Å². The molecule has 0 radical (unpaired) electrons. The van der Waals surface area contributed by atoms with Crippen molar-refractivity contribution in [2.75, 3.05) is 32.2 Å². The molecule has 94 valence electrons. The fourth-order valence-electron chi connectivity index (χ4n) is 1.81. The third-order valence-corrected chi connectivity index (χ3v) is 2.95. The Morgan fingerprint density at radius 3 is 2.94 bits per heavy atom. The maximum absolute atomic E-state index is 10.3. The van der Waals surface area contributed by atoms with Crippen LogP contribution in [0.15, 0.2) is 18.2 Å². The van der Waals surface area contributed by atoms with E-state index in [2.05, 4.69) is 10.3 Å². The summed E-state index contributed by atoms with van der Waals surface area (Å²) in [5.74, 6) is 1.28. The van der Waals surface area contributed by atoms with E-state index in [1.807, 2.05) is 12.1 Å². The lowest BCUT2D eigenvalue weighted by Gasteiger charge is -2.32. The Balaban J connectivity index is 1.92. The van der Waals surface area contributed by atoms with E-state index in [-0.39, 0.29) is 0 Å². The van der Waals surface area contributed by atoms with Gasteiger partial charge in [-0.05, 0) is 6.07 Å². The molecule has 2 N–H and O–H groups in total. The summed E-state index contributed by atoms with van der Waals surface area (Å²) in [4.78, 5) is 4.23. The molecule has 5 heteroatoms. The zero-order valence-electron chi connectivity index (χ0n) is 9.98. The summed E-state index contributed by atoms with van der Waals surface area (Å²) >= 11 is 0. The molecule has 2 heterocycles. The highest BCUT2D eigenvalue weighted by Gasteiger charge is 2.29. The molecule has 0 spiro atoms. The highest BCUT2D eigenvalue weighted by molar-refractivity contribution is 5.37. The molecule has 1 aliphatic heterocycles. The van der Waals surface area contributed by atoms with Crippen LogP contribution in [0.25, 0.3) is 0 Å². The highest BCUT2D eigenvalue weighted by atomic mass is 16.5. The van der Waals surface area contributed by atoms with E-state index in [4.69, 9.17) is 9.47 Å². The zero-order chi connectivity index (χ0) is 12.1. The van der Waals surface area contributed by atoms with Crippen molar-refractivity contribution in [2.45, 2.75) is 18.4 Å². The van der Waals surface area contributed by atoms with Crippen LogP contribution in [0.2, 0.25) is 0 Å². The molecule has 0 saturated carbocycles. The molecule has 1 fully saturated rings. The number of anilines is 1. The second-order valence-electron chi connectivity index (χ2n) is 4.26. The molecule has 1 aromatic rings. The summed E-state index contributed by atoms with van der Waals surface area (Å²) in [6.07, 6.45) is 1.31. The number of hydrogen-bond donors (Lipinski definition) is 2. The Hall–Kier alpha value is -1.33. The minimum atomic E-state index is -0.691. The predicted octanol–water partition coefficient (Wildman–Crippen LogP) is 1.04. The molecule has 1 aromatic heterocycles. The van der Waals surface area contributed by atoms with Gasteiger partial charge in [-0.25, -0.2) is 0 Å². The van der Waals surface area contributed by atoms with Gasteiger partial charge in [0.25, 0.3) is 0 Å². The fraction of sp³-hybridized carbons (Fsp3) is 0.583. The summed E-state index contributed by atoms with van der Waals surface area (Å²) < 4.78 is 10.3. The van der Waals surface area contributed by atoms with Crippen LogP contribution in [0.4, 0.5) is 5.82 Å². The number of pyridine rings is 1. The van der Waals surface area contributed by atoms with Crippen molar-refractivity contribution in [1.29, 1.82) is 0 Å². The van der Waals surface area contributed by atoms with E-state index in [0.717, 1.165) is 0 Å². The Morgan fingerprint density at radius 2 is 2.24 bits per heavy atom. The smallest absolute Gasteiger partial charge is 0.214 e. The van der Waals surface area contributed by atoms with Gasteiger partial charge in [-0.3, -0.25) is 0 Å². The Morgan fingerprint density at radius 1 is 1.47 bits per heavy atom. The van der Waals surface area contributed by atoms with Crippen LogP contribution >= 0.6 is 0 Å². The molecular weight excluding hydrogens is 220 g/mol. The van der Waals surface area contributed by atoms with E-state index in [1.54, 1.807) is 13.2 Å². The van der Waals surface area contributed by atoms with Crippen LogP contribution in [0.3, 0.4) is 0 Å². The van der Waals surface area contributed by atoms with E-state index in [9.17, 15) is 5.11 Å². The summed E-state index contributed by atoms with van der Waals surface area (Å²) in [7, 11) is 1.58. The molecule has 0 atom stereocenters. The minimum absolute atomic E-state index is 0.483. The third kappa shape index (κ3) is 3.31. The lowest BCUT2D eigenvalue weighted by atomic mass is 9.94. The number of hydrogen-bond acceptors (Lipinski definition) is 5. The van der Waals surface area contributed by atoms with Crippen molar-refractivity contribution in [2.24, 2.45) is 0 Å². The Kier molecular flexibility index (Phi) is 3.81. The van der Waals surface area contributed by atoms with Gasteiger partial charge in [0, 0.05) is 38.7 Å². The van der Waals surface area contributed by atoms with E-state index < -0.39 is 5.60 Å². The normalized spacial score (nSPS) is 18.7. The first-order chi connectivity index (χ1) is 8.22. The van der Waals surface area contributed by atoms with Gasteiger partial charge in [-0.2, -0.15) is 4.98 Å². The average Bonchev–Trinajstić information content (AvgIpc) is 2.38. The third-order valence-electron chi connectivity index (χ3n) is 2.95. The van der Waals surface area contributed by atoms with Crippen molar-refractivity contribution in [3.8, 4) is 5.88 Å². The average molecular weight is 238 g/mol. The second kappa shape index (κ2) is 5.33. The van der Waals surface area contributed by atoms with Crippen LogP contribution in [0.1, 0.15) is 12.8 Å². The molecule has 0 aliphatic carbocycles. The summed E-state index contributed by atoms with van der Waals surface area (Å²) in [6, 6.07) is 5.50. The van der Waals surface area contributed by atoms with E-state index in [0.29, 0.717) is 44.3 Å². The number of aromatic nitrogens is 1. The van der Waals surface area contributed by atoms with Gasteiger partial charge < -0.3 is 19.9 Å². The molecule has 17 heavy (non-hydrogen) atoms. The molecule has 1 saturated heterocycles. The maximum atomic E-state index is 10.3. The van der Waals surface area contributed by atoms with E-state index in [1.165, 1.54) is 0 Å². The monoisotopic (exact) mass is 238 g/mol. The molecular formula is C12H18N2O3. The van der Waals surface area contributed by atoms with Crippen LogP contribution < -0.4 is 10.1 Å². The van der Waals surface area contributed by atoms with Gasteiger partial charge in [-0.1, -0.05) is 6.07 Å². The van der Waals surface area contributed by atoms with Gasteiger partial charge in [0.1, 0.15) is 5.82 Å². The van der Waals surface area contributed by atoms with Gasteiger partial charge >= 0.3 is 0 Å². The number of rotatable bonds is 4. The van der Waals surface area contributed by atoms with Crippen LogP contribution in [-0.4, -0.2) is 42.6 Å². The van der Waals surface area contributed by atoms with Crippen molar-refractivity contribution < 1.29 is 14.6 Å². The summed E-state index contributed by atoms with van der Waals surface area (Å²) in [5, 5.41) is 13.4. The molecule has 5 nitrogen and oxygen atoms in total. The topological polar surface area (TPSA) is 63.6 Å². The molecule has 2 rings (SSSR count). The molecule has 0 bridgehead atoms. The predicted molar refractivity (Wildman–Crippen MR) is 64.3 cm³/mol. The van der Waals surface area contributed by atoms with Gasteiger partial charge in [0.15, 0.2) is 0 Å². The first kappa shape index (κ1) is 12.1. The maximum Gasteiger partial charge on any atom is 0.214 e. The summed E-state index contributed by atoms with van der Waals surface area (Å²) in [6.45, 7) is 1.71. The van der Waals surface area contributed by atoms with Gasteiger partial charge in [-0.15, -0.1) is 0 Å². The van der Waals surface area contributed by atoms with Crippen molar-refractivity contribution in [1.82, 2.24) is 4.98 Å². The number of nitrogens with one attached hydrogen (secondary N) is 1. The van der Waals surface area contributed by atoms with E-state index >= 15 is 0 Å². The second-order valence-corrected chi connectivity index (χ2v) is 4.26. The molecule has 0 amide bonds. The van der Waals surface area contributed by atoms with Crippen LogP contribution in [0.5, 0.6) is 5.88 Å². The van der Waals surface area contributed by atoms with Crippen molar-refractivity contribution in [3.05, 3.63) is 18.2 Å².